The van der Waals surface area contributed by atoms with Gasteiger partial charge in [-0.05, 0) is 25.7 Å². The van der Waals surface area contributed by atoms with Crippen molar-refractivity contribution in [1.29, 1.82) is 0 Å². The molecular formula is C12H21NOS. The third kappa shape index (κ3) is 3.42. The number of hydrogen-bond donors (Lipinski definition) is 1. The van der Waals surface area contributed by atoms with Gasteiger partial charge in [0.05, 0.1) is 11.1 Å². The quantitative estimate of drug-likeness (QED) is 0.749. The van der Waals surface area contributed by atoms with E-state index < -0.39 is 0 Å². The van der Waals surface area contributed by atoms with Crippen molar-refractivity contribution in [3.8, 4) is 0 Å². The Bertz CT molecular complexity index is 208. The van der Waals surface area contributed by atoms with Gasteiger partial charge >= 0.3 is 0 Å². The summed E-state index contributed by atoms with van der Waals surface area (Å²) in [7, 11) is 0. The molecule has 0 aromatic heterocycles. The first-order valence-electron chi connectivity index (χ1n) is 6.25. The fourth-order valence-electron chi connectivity index (χ4n) is 2.53. The summed E-state index contributed by atoms with van der Waals surface area (Å²) in [5.41, 5.74) is 0. The molecule has 0 radical (unpaired) electrons. The van der Waals surface area contributed by atoms with E-state index in [0.717, 1.165) is 18.1 Å². The molecule has 3 heteroatoms. The Hall–Kier alpha value is -0.150. The Morgan fingerprint density at radius 1 is 1.13 bits per heavy atom. The second-order valence-corrected chi connectivity index (χ2v) is 5.15. The lowest BCUT2D eigenvalue weighted by Gasteiger charge is -2.24. The number of hydrogen-bond acceptors (Lipinski definition) is 2. The lowest BCUT2D eigenvalue weighted by atomic mass is 9.89. The molecule has 1 aliphatic heterocycles. The number of rotatable bonds is 3. The molecule has 1 N–H and O–H groups in total. The highest BCUT2D eigenvalue weighted by atomic mass is 32.1. The maximum atomic E-state index is 5.57. The van der Waals surface area contributed by atoms with E-state index in [1.807, 2.05) is 0 Å². The van der Waals surface area contributed by atoms with Crippen LogP contribution in [-0.4, -0.2) is 24.2 Å². The zero-order valence-electron chi connectivity index (χ0n) is 9.34. The average molecular weight is 227 g/mol. The van der Waals surface area contributed by atoms with Crippen LogP contribution in [0.2, 0.25) is 0 Å². The van der Waals surface area contributed by atoms with Gasteiger partial charge < -0.3 is 10.1 Å². The van der Waals surface area contributed by atoms with Gasteiger partial charge in [0.25, 0.3) is 0 Å². The summed E-state index contributed by atoms with van der Waals surface area (Å²) in [5, 5.41) is 3.40. The van der Waals surface area contributed by atoms with Crippen LogP contribution < -0.4 is 5.32 Å². The third-order valence-electron chi connectivity index (χ3n) is 3.50. The van der Waals surface area contributed by atoms with Crippen molar-refractivity contribution in [3.63, 3.8) is 0 Å². The minimum atomic E-state index is 0.409. The van der Waals surface area contributed by atoms with Gasteiger partial charge in [-0.15, -0.1) is 0 Å². The Labute approximate surface area is 97.8 Å². The lowest BCUT2D eigenvalue weighted by molar-refractivity contribution is 0.114. The van der Waals surface area contributed by atoms with E-state index in [-0.39, 0.29) is 0 Å². The summed E-state index contributed by atoms with van der Waals surface area (Å²) in [6, 6.07) is 0. The number of nitrogens with one attached hydrogen (secondary N) is 1. The molecule has 0 aromatic rings. The monoisotopic (exact) mass is 227 g/mol. The van der Waals surface area contributed by atoms with Gasteiger partial charge in [0.2, 0.25) is 0 Å². The normalized spacial score (nSPS) is 27.9. The Balaban J connectivity index is 1.66. The Morgan fingerprint density at radius 2 is 1.93 bits per heavy atom. The Kier molecular flexibility index (Phi) is 4.39. The third-order valence-corrected chi connectivity index (χ3v) is 3.98. The van der Waals surface area contributed by atoms with E-state index in [9.17, 15) is 0 Å². The first-order valence-corrected chi connectivity index (χ1v) is 6.66. The summed E-state index contributed by atoms with van der Waals surface area (Å²) < 4.78 is 5.57. The van der Waals surface area contributed by atoms with E-state index in [1.165, 1.54) is 44.9 Å². The maximum absolute atomic E-state index is 5.57. The highest BCUT2D eigenvalue weighted by Gasteiger charge is 2.20. The minimum absolute atomic E-state index is 0.409. The summed E-state index contributed by atoms with van der Waals surface area (Å²) in [4.78, 5) is 1.09. The van der Waals surface area contributed by atoms with Crippen molar-refractivity contribution in [1.82, 2.24) is 5.32 Å². The van der Waals surface area contributed by atoms with Crippen LogP contribution in [0.15, 0.2) is 0 Å². The summed E-state index contributed by atoms with van der Waals surface area (Å²) in [6.07, 6.45) is 9.49. The zero-order chi connectivity index (χ0) is 10.5. The van der Waals surface area contributed by atoms with Crippen molar-refractivity contribution in [2.24, 2.45) is 5.92 Å². The molecule has 1 heterocycles. The van der Waals surface area contributed by atoms with Crippen molar-refractivity contribution in [2.75, 3.05) is 13.2 Å². The van der Waals surface area contributed by atoms with Crippen LogP contribution >= 0.6 is 12.2 Å². The van der Waals surface area contributed by atoms with E-state index >= 15 is 0 Å². The zero-order valence-corrected chi connectivity index (χ0v) is 10.2. The van der Waals surface area contributed by atoms with E-state index in [4.69, 9.17) is 17.0 Å². The van der Waals surface area contributed by atoms with Crippen molar-refractivity contribution in [3.05, 3.63) is 0 Å². The number of ether oxygens (including phenoxy) is 1. The van der Waals surface area contributed by atoms with Crippen LogP contribution in [0, 0.1) is 5.92 Å². The number of thiocarbonyl (C=S) groups is 1. The average Bonchev–Trinajstić information content (AvgIpc) is 2.80. The smallest absolute Gasteiger partial charge is 0.0785 e. The topological polar surface area (TPSA) is 21.3 Å². The molecular weight excluding hydrogens is 206 g/mol. The Morgan fingerprint density at radius 3 is 2.60 bits per heavy atom. The van der Waals surface area contributed by atoms with Crippen molar-refractivity contribution >= 4 is 17.2 Å². The van der Waals surface area contributed by atoms with E-state index in [2.05, 4.69) is 5.32 Å². The molecule has 1 unspecified atom stereocenters. The summed E-state index contributed by atoms with van der Waals surface area (Å²) in [6.45, 7) is 1.86. The molecule has 0 spiro atoms. The van der Waals surface area contributed by atoms with Crippen LogP contribution in [-0.2, 0) is 4.74 Å². The SMILES string of the molecule is S=C(NCC1CCCO1)C1CCCCC1. The highest BCUT2D eigenvalue weighted by Crippen LogP contribution is 2.24. The van der Waals surface area contributed by atoms with Crippen LogP contribution in [0.3, 0.4) is 0 Å². The molecule has 15 heavy (non-hydrogen) atoms. The van der Waals surface area contributed by atoms with Gasteiger partial charge in [-0.1, -0.05) is 31.5 Å². The summed E-state index contributed by atoms with van der Waals surface area (Å²) >= 11 is 5.44. The maximum Gasteiger partial charge on any atom is 0.0785 e. The molecule has 1 saturated carbocycles. The standard InChI is InChI=1S/C12H21NOS/c15-12(10-5-2-1-3-6-10)13-9-11-7-4-8-14-11/h10-11H,1-9H2,(H,13,15). The molecule has 1 aliphatic carbocycles. The second-order valence-electron chi connectivity index (χ2n) is 4.72. The van der Waals surface area contributed by atoms with Crippen molar-refractivity contribution < 1.29 is 4.74 Å². The first-order chi connectivity index (χ1) is 7.36. The molecule has 0 aromatic carbocycles. The fraction of sp³-hybridized carbons (Fsp3) is 0.917. The van der Waals surface area contributed by atoms with Crippen LogP contribution in [0.5, 0.6) is 0 Å². The van der Waals surface area contributed by atoms with Gasteiger partial charge in [0, 0.05) is 19.1 Å². The molecule has 0 amide bonds. The minimum Gasteiger partial charge on any atom is -0.377 e. The van der Waals surface area contributed by atoms with Gasteiger partial charge in [0.1, 0.15) is 0 Å². The highest BCUT2D eigenvalue weighted by molar-refractivity contribution is 7.80. The molecule has 0 bridgehead atoms. The molecule has 1 atom stereocenters. The largest absolute Gasteiger partial charge is 0.377 e. The molecule has 2 fully saturated rings. The van der Waals surface area contributed by atoms with E-state index in [1.54, 1.807) is 0 Å². The molecule has 2 nitrogen and oxygen atoms in total. The van der Waals surface area contributed by atoms with Crippen LogP contribution in [0.25, 0.3) is 0 Å². The van der Waals surface area contributed by atoms with Gasteiger partial charge in [-0.25, -0.2) is 0 Å². The van der Waals surface area contributed by atoms with E-state index in [0.29, 0.717) is 12.0 Å². The predicted octanol–water partition coefficient (Wildman–Crippen LogP) is 2.66. The predicted molar refractivity (Wildman–Crippen MR) is 66.1 cm³/mol. The van der Waals surface area contributed by atoms with Crippen molar-refractivity contribution in [2.45, 2.75) is 51.0 Å². The second kappa shape index (κ2) is 5.80. The van der Waals surface area contributed by atoms with Gasteiger partial charge in [-0.3, -0.25) is 0 Å². The molecule has 1 saturated heterocycles. The molecule has 86 valence electrons. The fourth-order valence-corrected chi connectivity index (χ4v) is 2.85. The van der Waals surface area contributed by atoms with Crippen LogP contribution in [0.1, 0.15) is 44.9 Å². The van der Waals surface area contributed by atoms with Gasteiger partial charge in [-0.2, -0.15) is 0 Å². The molecule has 2 aliphatic rings. The van der Waals surface area contributed by atoms with Crippen LogP contribution in [0.4, 0.5) is 0 Å². The van der Waals surface area contributed by atoms with Gasteiger partial charge in [0.15, 0.2) is 0 Å². The molecule has 2 rings (SSSR count). The first kappa shape index (κ1) is 11.3. The lowest BCUT2D eigenvalue weighted by Crippen LogP contribution is -2.35. The summed E-state index contributed by atoms with van der Waals surface area (Å²) in [5.74, 6) is 0.648.